The van der Waals surface area contributed by atoms with Crippen LogP contribution in [0.3, 0.4) is 0 Å². The summed E-state index contributed by atoms with van der Waals surface area (Å²) >= 11 is 12.0. The van der Waals surface area contributed by atoms with Gasteiger partial charge < -0.3 is 15.1 Å². The Kier molecular flexibility index (Phi) is 6.75. The van der Waals surface area contributed by atoms with Gasteiger partial charge >= 0.3 is 6.09 Å². The monoisotopic (exact) mass is 431 g/mol. The Morgan fingerprint density at radius 1 is 1.11 bits per heavy atom. The quantitative estimate of drug-likeness (QED) is 0.724. The Hall–Kier alpha value is -1.80. The number of amides is 1. The number of carbonyl (C=O) groups is 1. The molecule has 2 rings (SSSR count). The van der Waals surface area contributed by atoms with E-state index in [-0.39, 0.29) is 16.5 Å². The number of nitrogens with zero attached hydrogens (tertiary/aromatic N) is 1. The molecule has 0 saturated carbocycles. The Labute approximate surface area is 167 Å². The van der Waals surface area contributed by atoms with E-state index in [1.165, 1.54) is 25.2 Å². The third-order valence-electron chi connectivity index (χ3n) is 4.18. The number of benzene rings is 2. The number of aliphatic hydroxyl groups excluding tert-OH is 1. The number of hydrogen-bond donors (Lipinski definition) is 2. The molecule has 0 saturated heterocycles. The van der Waals surface area contributed by atoms with Gasteiger partial charge in [-0.15, -0.1) is 0 Å². The first-order valence-electron chi connectivity index (χ1n) is 7.87. The van der Waals surface area contributed by atoms with Crippen molar-refractivity contribution in [1.82, 2.24) is 4.90 Å². The highest BCUT2D eigenvalue weighted by Gasteiger charge is 2.27. The lowest BCUT2D eigenvalue weighted by Crippen LogP contribution is -2.32. The Morgan fingerprint density at radius 2 is 1.78 bits per heavy atom. The molecule has 0 heterocycles. The summed E-state index contributed by atoms with van der Waals surface area (Å²) in [5.74, 6) is -0.685. The molecule has 9 heteroatoms. The van der Waals surface area contributed by atoms with Crippen molar-refractivity contribution in [3.63, 3.8) is 0 Å². The van der Waals surface area contributed by atoms with E-state index in [4.69, 9.17) is 23.2 Å². The third kappa shape index (κ3) is 5.35. The topological polar surface area (TPSA) is 94.9 Å². The van der Waals surface area contributed by atoms with Crippen LogP contribution in [0.4, 0.5) is 4.79 Å². The van der Waals surface area contributed by atoms with E-state index >= 15 is 0 Å². The summed E-state index contributed by atoms with van der Waals surface area (Å²) in [6, 6.07) is 10.7. The highest BCUT2D eigenvalue weighted by atomic mass is 35.5. The smallest absolute Gasteiger partial charge is 0.407 e. The van der Waals surface area contributed by atoms with Gasteiger partial charge in [0.15, 0.2) is 9.84 Å². The van der Waals surface area contributed by atoms with Crippen LogP contribution < -0.4 is 0 Å². The molecule has 6 nitrogen and oxygen atoms in total. The van der Waals surface area contributed by atoms with Crippen molar-refractivity contribution < 1.29 is 23.4 Å². The molecule has 0 fully saturated rings. The van der Waals surface area contributed by atoms with Gasteiger partial charge in [0, 0.05) is 25.8 Å². The van der Waals surface area contributed by atoms with Crippen LogP contribution in [0.5, 0.6) is 0 Å². The molecule has 27 heavy (non-hydrogen) atoms. The molecule has 146 valence electrons. The van der Waals surface area contributed by atoms with Crippen LogP contribution in [-0.4, -0.2) is 49.5 Å². The molecule has 0 aliphatic heterocycles. The minimum atomic E-state index is -3.45. The predicted molar refractivity (Wildman–Crippen MR) is 104 cm³/mol. The maximum atomic E-state index is 11.8. The van der Waals surface area contributed by atoms with Gasteiger partial charge in [0.25, 0.3) is 0 Å². The third-order valence-corrected chi connectivity index (χ3v) is 6.03. The standard InChI is InChI=1S/C18H19Cl2NO5S/c1-21(18(23)24)10-14(11-6-7-15(19)16(20)9-11)17(22)12-4-3-5-13(8-12)27(2,25)26/h3-9,14,17,22H,10H2,1-2H3,(H,23,24)/t14-,17+/m1/s1. The molecule has 0 aliphatic rings. The number of halogens is 2. The number of aliphatic hydroxyl groups is 1. The average Bonchev–Trinajstić information content (AvgIpc) is 2.60. The molecule has 0 unspecified atom stereocenters. The summed E-state index contributed by atoms with van der Waals surface area (Å²) in [5, 5.41) is 20.7. The van der Waals surface area contributed by atoms with Crippen molar-refractivity contribution in [3.05, 3.63) is 63.6 Å². The van der Waals surface area contributed by atoms with Crippen molar-refractivity contribution >= 4 is 39.1 Å². The van der Waals surface area contributed by atoms with Gasteiger partial charge in [-0.3, -0.25) is 0 Å². The van der Waals surface area contributed by atoms with Crippen LogP contribution in [-0.2, 0) is 9.84 Å². The molecule has 0 bridgehead atoms. The highest BCUT2D eigenvalue weighted by Crippen LogP contribution is 2.35. The Morgan fingerprint density at radius 3 is 2.33 bits per heavy atom. The van der Waals surface area contributed by atoms with Crippen LogP contribution >= 0.6 is 23.2 Å². The van der Waals surface area contributed by atoms with Crippen molar-refractivity contribution in [2.75, 3.05) is 19.8 Å². The highest BCUT2D eigenvalue weighted by molar-refractivity contribution is 7.90. The molecule has 1 amide bonds. The Bertz CT molecular complexity index is 949. The van der Waals surface area contributed by atoms with E-state index in [0.29, 0.717) is 16.1 Å². The number of likely N-dealkylation sites (N-methyl/N-ethyl adjacent to an activating group) is 1. The van der Waals surface area contributed by atoms with E-state index in [1.807, 2.05) is 0 Å². The zero-order valence-electron chi connectivity index (χ0n) is 14.6. The molecular weight excluding hydrogens is 413 g/mol. The zero-order valence-corrected chi connectivity index (χ0v) is 17.0. The van der Waals surface area contributed by atoms with Crippen molar-refractivity contribution in [3.8, 4) is 0 Å². The summed E-state index contributed by atoms with van der Waals surface area (Å²) in [7, 11) is -2.07. The van der Waals surface area contributed by atoms with Gasteiger partial charge in [-0.1, -0.05) is 41.4 Å². The van der Waals surface area contributed by atoms with Gasteiger partial charge in [-0.25, -0.2) is 13.2 Å². The lowest BCUT2D eigenvalue weighted by atomic mass is 9.88. The van der Waals surface area contributed by atoms with Gasteiger partial charge in [0.1, 0.15) is 0 Å². The predicted octanol–water partition coefficient (Wildman–Crippen LogP) is 3.82. The van der Waals surface area contributed by atoms with Crippen molar-refractivity contribution in [1.29, 1.82) is 0 Å². The first kappa shape index (κ1) is 21.5. The first-order chi connectivity index (χ1) is 12.5. The maximum Gasteiger partial charge on any atom is 0.407 e. The summed E-state index contributed by atoms with van der Waals surface area (Å²) in [6.45, 7) is -0.0302. The van der Waals surface area contributed by atoms with Gasteiger partial charge in [0.2, 0.25) is 0 Å². The summed E-state index contributed by atoms with van der Waals surface area (Å²) in [4.78, 5) is 12.4. The normalized spacial score (nSPS) is 13.8. The van der Waals surface area contributed by atoms with Crippen LogP contribution in [0.15, 0.2) is 47.4 Å². The first-order valence-corrected chi connectivity index (χ1v) is 10.5. The minimum Gasteiger partial charge on any atom is -0.465 e. The second kappa shape index (κ2) is 8.48. The van der Waals surface area contributed by atoms with Gasteiger partial charge in [-0.2, -0.15) is 0 Å². The van der Waals surface area contributed by atoms with Crippen LogP contribution in [0, 0.1) is 0 Å². The zero-order chi connectivity index (χ0) is 20.4. The second-order valence-corrected chi connectivity index (χ2v) is 9.06. The molecule has 0 aromatic heterocycles. The van der Waals surface area contributed by atoms with Gasteiger partial charge in [-0.05, 0) is 35.4 Å². The molecule has 0 aliphatic carbocycles. The number of hydrogen-bond acceptors (Lipinski definition) is 4. The van der Waals surface area contributed by atoms with Crippen LogP contribution in [0.1, 0.15) is 23.1 Å². The lowest BCUT2D eigenvalue weighted by Gasteiger charge is -2.27. The number of rotatable bonds is 6. The largest absolute Gasteiger partial charge is 0.465 e. The molecule has 2 aromatic rings. The fraction of sp³-hybridized carbons (Fsp3) is 0.278. The van der Waals surface area contributed by atoms with Crippen molar-refractivity contribution in [2.45, 2.75) is 16.9 Å². The minimum absolute atomic E-state index is 0.0302. The fourth-order valence-electron chi connectivity index (χ4n) is 2.67. The maximum absolute atomic E-state index is 11.8. The van der Waals surface area contributed by atoms with Gasteiger partial charge in [0.05, 0.1) is 21.0 Å². The summed E-state index contributed by atoms with van der Waals surface area (Å²) < 4.78 is 23.6. The molecule has 0 radical (unpaired) electrons. The summed E-state index contributed by atoms with van der Waals surface area (Å²) in [5.41, 5.74) is 0.933. The SMILES string of the molecule is CN(C[C@H](c1ccc(Cl)c(Cl)c1)[C@@H](O)c1cccc(S(C)(=O)=O)c1)C(=O)O. The van der Waals surface area contributed by atoms with E-state index in [2.05, 4.69) is 0 Å². The second-order valence-electron chi connectivity index (χ2n) is 6.23. The van der Waals surface area contributed by atoms with E-state index in [1.54, 1.807) is 24.3 Å². The fourth-order valence-corrected chi connectivity index (χ4v) is 3.65. The van der Waals surface area contributed by atoms with E-state index in [0.717, 1.165) is 11.2 Å². The Balaban J connectivity index is 2.49. The molecule has 2 atom stereocenters. The molecular formula is C18H19Cl2NO5S. The van der Waals surface area contributed by atoms with Crippen molar-refractivity contribution in [2.24, 2.45) is 0 Å². The molecule has 0 spiro atoms. The molecule has 2 N–H and O–H groups in total. The lowest BCUT2D eigenvalue weighted by molar-refractivity contribution is 0.113. The number of sulfone groups is 1. The van der Waals surface area contributed by atoms with E-state index in [9.17, 15) is 23.4 Å². The van der Waals surface area contributed by atoms with Crippen LogP contribution in [0.2, 0.25) is 10.0 Å². The number of carboxylic acid groups (broad SMARTS) is 1. The van der Waals surface area contributed by atoms with Crippen LogP contribution in [0.25, 0.3) is 0 Å². The molecule has 2 aromatic carbocycles. The van der Waals surface area contributed by atoms with E-state index < -0.39 is 28.0 Å². The summed E-state index contributed by atoms with van der Waals surface area (Å²) in [6.07, 6.45) is -1.24. The average molecular weight is 432 g/mol.